The lowest BCUT2D eigenvalue weighted by Crippen LogP contribution is -2.19. The molecule has 0 unspecified atom stereocenters. The van der Waals surface area contributed by atoms with Gasteiger partial charge in [0, 0.05) is 6.42 Å². The zero-order chi connectivity index (χ0) is 16.2. The molecule has 0 spiro atoms. The van der Waals surface area contributed by atoms with E-state index in [1.807, 2.05) is 42.5 Å². The van der Waals surface area contributed by atoms with E-state index in [-0.39, 0.29) is 11.1 Å². The summed E-state index contributed by atoms with van der Waals surface area (Å²) in [6.45, 7) is 2.09. The molecule has 5 nitrogen and oxygen atoms in total. The summed E-state index contributed by atoms with van der Waals surface area (Å²) in [6, 6.07) is 13.8. The first-order chi connectivity index (χ1) is 11.2. The van der Waals surface area contributed by atoms with Crippen molar-refractivity contribution in [2.45, 2.75) is 32.6 Å². The minimum absolute atomic E-state index is 0.214. The summed E-state index contributed by atoms with van der Waals surface area (Å²) in [5, 5.41) is 12.3. The number of nitriles is 1. The third kappa shape index (κ3) is 3.02. The van der Waals surface area contributed by atoms with Crippen LogP contribution in [0.1, 0.15) is 42.3 Å². The van der Waals surface area contributed by atoms with Crippen molar-refractivity contribution < 1.29 is 0 Å². The van der Waals surface area contributed by atoms with Gasteiger partial charge in [-0.15, -0.1) is 0 Å². The molecule has 1 aromatic carbocycles. The summed E-state index contributed by atoms with van der Waals surface area (Å²) >= 11 is 0. The first kappa shape index (κ1) is 15.0. The Bertz CT molecular complexity index is 916. The van der Waals surface area contributed by atoms with Crippen molar-refractivity contribution >= 4 is 5.65 Å². The van der Waals surface area contributed by atoms with Crippen LogP contribution >= 0.6 is 0 Å². The van der Waals surface area contributed by atoms with E-state index in [4.69, 9.17) is 0 Å². The number of fused-ring (bicyclic) bond motifs is 1. The second-order valence-corrected chi connectivity index (χ2v) is 5.59. The van der Waals surface area contributed by atoms with Crippen molar-refractivity contribution in [2.24, 2.45) is 0 Å². The summed E-state index contributed by atoms with van der Waals surface area (Å²) in [5.41, 5.74) is 2.38. The van der Waals surface area contributed by atoms with Crippen LogP contribution in [0.15, 0.2) is 41.2 Å². The summed E-state index contributed by atoms with van der Waals surface area (Å²) in [7, 11) is 0. The number of rotatable bonds is 5. The fraction of sp³-hybridized carbons (Fsp3) is 0.278. The molecule has 3 rings (SSSR count). The third-order valence-electron chi connectivity index (χ3n) is 3.89. The van der Waals surface area contributed by atoms with Gasteiger partial charge in [-0.1, -0.05) is 43.7 Å². The number of hydrogen-bond donors (Lipinski definition) is 1. The van der Waals surface area contributed by atoms with Gasteiger partial charge in [0.05, 0.1) is 0 Å². The molecule has 0 saturated carbocycles. The van der Waals surface area contributed by atoms with Gasteiger partial charge in [-0.25, -0.2) is 4.98 Å². The van der Waals surface area contributed by atoms with E-state index in [0.717, 1.165) is 30.4 Å². The van der Waals surface area contributed by atoms with Crippen molar-refractivity contribution in [3.8, 4) is 6.07 Å². The number of aromatic amines is 1. The quantitative estimate of drug-likeness (QED) is 0.787. The molecule has 2 aromatic heterocycles. The Morgan fingerprint density at radius 3 is 2.78 bits per heavy atom. The maximum absolute atomic E-state index is 12.5. The van der Waals surface area contributed by atoms with Gasteiger partial charge in [0.2, 0.25) is 0 Å². The summed E-state index contributed by atoms with van der Waals surface area (Å²) in [4.78, 5) is 17.0. The highest BCUT2D eigenvalue weighted by atomic mass is 16.1. The molecule has 0 fully saturated rings. The number of aromatic nitrogens is 3. The normalized spacial score (nSPS) is 10.8. The third-order valence-corrected chi connectivity index (χ3v) is 3.89. The lowest BCUT2D eigenvalue weighted by Gasteiger charge is -2.02. The Hall–Kier alpha value is -2.87. The monoisotopic (exact) mass is 306 g/mol. The van der Waals surface area contributed by atoms with Gasteiger partial charge in [0.1, 0.15) is 17.5 Å². The molecule has 0 saturated heterocycles. The summed E-state index contributed by atoms with van der Waals surface area (Å²) in [5.74, 6) is 0.713. The molecule has 0 radical (unpaired) electrons. The highest BCUT2D eigenvalue weighted by Crippen LogP contribution is 2.12. The molecule has 0 aliphatic carbocycles. The van der Waals surface area contributed by atoms with Gasteiger partial charge in [-0.3, -0.25) is 9.89 Å². The van der Waals surface area contributed by atoms with E-state index in [0.29, 0.717) is 17.9 Å². The van der Waals surface area contributed by atoms with Crippen LogP contribution in [0.25, 0.3) is 5.65 Å². The molecule has 23 heavy (non-hydrogen) atoms. The predicted octanol–water partition coefficient (Wildman–Crippen LogP) is 2.83. The Kier molecular flexibility index (Phi) is 4.24. The topological polar surface area (TPSA) is 74.0 Å². The highest BCUT2D eigenvalue weighted by Gasteiger charge is 2.13. The zero-order valence-electron chi connectivity index (χ0n) is 13.0. The summed E-state index contributed by atoms with van der Waals surface area (Å²) in [6.07, 6.45) is 3.32. The van der Waals surface area contributed by atoms with Crippen molar-refractivity contribution in [3.63, 3.8) is 0 Å². The number of nitrogens with one attached hydrogen (secondary N) is 1. The minimum atomic E-state index is -0.317. The second-order valence-electron chi connectivity index (χ2n) is 5.59. The van der Waals surface area contributed by atoms with Crippen molar-refractivity contribution in [3.05, 3.63) is 69.3 Å². The first-order valence-electron chi connectivity index (χ1n) is 7.80. The van der Waals surface area contributed by atoms with Gasteiger partial charge >= 0.3 is 0 Å². The molecule has 3 aromatic rings. The number of unbranched alkanes of at least 4 members (excludes halogenated alkanes) is 1. The maximum atomic E-state index is 12.5. The van der Waals surface area contributed by atoms with Crippen LogP contribution in [0, 0.1) is 11.3 Å². The fourth-order valence-corrected chi connectivity index (χ4v) is 2.68. The average molecular weight is 306 g/mol. The van der Waals surface area contributed by atoms with Gasteiger partial charge in [-0.05, 0) is 30.0 Å². The van der Waals surface area contributed by atoms with Crippen LogP contribution in [0.3, 0.4) is 0 Å². The van der Waals surface area contributed by atoms with Crippen LogP contribution in [0.4, 0.5) is 0 Å². The Labute approximate surface area is 134 Å². The Morgan fingerprint density at radius 1 is 1.30 bits per heavy atom. The van der Waals surface area contributed by atoms with E-state index < -0.39 is 0 Å². The average Bonchev–Trinajstić information content (AvgIpc) is 2.96. The molecule has 116 valence electrons. The molecule has 2 heterocycles. The van der Waals surface area contributed by atoms with Crippen LogP contribution in [-0.2, 0) is 12.8 Å². The molecule has 5 heteroatoms. The van der Waals surface area contributed by atoms with Gasteiger partial charge in [0.15, 0.2) is 5.65 Å². The predicted molar refractivity (Wildman–Crippen MR) is 88.4 cm³/mol. The molecule has 0 atom stereocenters. The van der Waals surface area contributed by atoms with Gasteiger partial charge in [0.25, 0.3) is 5.56 Å². The van der Waals surface area contributed by atoms with Gasteiger partial charge in [-0.2, -0.15) is 9.78 Å². The van der Waals surface area contributed by atoms with E-state index in [1.165, 1.54) is 4.52 Å². The molecule has 0 bridgehead atoms. The second kappa shape index (κ2) is 6.49. The molecular formula is C18H18N4O. The number of H-pyrrole nitrogens is 1. The van der Waals surface area contributed by atoms with E-state index in [1.54, 1.807) is 0 Å². The van der Waals surface area contributed by atoms with E-state index in [9.17, 15) is 10.1 Å². The van der Waals surface area contributed by atoms with Crippen molar-refractivity contribution in [1.82, 2.24) is 14.6 Å². The number of aryl methyl sites for hydroxylation is 1. The lowest BCUT2D eigenvalue weighted by atomic mass is 10.0. The number of nitrogens with zero attached hydrogens (tertiary/aromatic N) is 3. The van der Waals surface area contributed by atoms with Crippen LogP contribution < -0.4 is 5.56 Å². The van der Waals surface area contributed by atoms with Crippen LogP contribution in [0.2, 0.25) is 0 Å². The largest absolute Gasteiger partial charge is 0.289 e. The summed E-state index contributed by atoms with van der Waals surface area (Å²) < 4.78 is 1.37. The van der Waals surface area contributed by atoms with Crippen molar-refractivity contribution in [2.75, 3.05) is 0 Å². The van der Waals surface area contributed by atoms with Crippen molar-refractivity contribution in [1.29, 1.82) is 5.26 Å². The lowest BCUT2D eigenvalue weighted by molar-refractivity contribution is 0.786. The molecular weight excluding hydrogens is 288 g/mol. The molecule has 0 aliphatic rings. The number of hydrogen-bond acceptors (Lipinski definition) is 3. The first-order valence-corrected chi connectivity index (χ1v) is 7.80. The molecule has 0 amide bonds. The van der Waals surface area contributed by atoms with Crippen LogP contribution in [-0.4, -0.2) is 14.6 Å². The minimum Gasteiger partial charge on any atom is -0.276 e. The zero-order valence-corrected chi connectivity index (χ0v) is 13.0. The Morgan fingerprint density at radius 2 is 2.09 bits per heavy atom. The van der Waals surface area contributed by atoms with Crippen LogP contribution in [0.5, 0.6) is 0 Å². The van der Waals surface area contributed by atoms with E-state index in [2.05, 4.69) is 17.0 Å². The Balaban J connectivity index is 2.04. The smallest absolute Gasteiger partial charge is 0.276 e. The van der Waals surface area contributed by atoms with Gasteiger partial charge < -0.3 is 0 Å². The molecule has 1 N–H and O–H groups in total. The number of pyridine rings is 1. The number of benzene rings is 1. The SMILES string of the molecule is CCCCc1cc2nc(Cc3ccccc3)[nH]n2c(=O)c1C#N. The maximum Gasteiger partial charge on any atom is 0.289 e. The van der Waals surface area contributed by atoms with E-state index >= 15 is 0 Å². The fourth-order valence-electron chi connectivity index (χ4n) is 2.68. The molecule has 0 aliphatic heterocycles. The standard InChI is InChI=1S/C18H18N4O/c1-2-3-9-14-11-17-20-16(10-13-7-5-4-6-8-13)21-22(17)18(23)15(14)12-19/h4-8,11H,2-3,9-10H2,1H3,(H,20,21). The highest BCUT2D eigenvalue weighted by molar-refractivity contribution is 5.48.